The van der Waals surface area contributed by atoms with Gasteiger partial charge in [0.2, 0.25) is 12.5 Å². The maximum atomic E-state index is 6.56. The summed E-state index contributed by atoms with van der Waals surface area (Å²) in [7, 11) is 4.86. The number of fused-ring (bicyclic) bond motifs is 1. The van der Waals surface area contributed by atoms with Crippen LogP contribution in [-0.2, 0) is 17.8 Å². The summed E-state index contributed by atoms with van der Waals surface area (Å²) in [5, 5.41) is 0.654. The van der Waals surface area contributed by atoms with Crippen LogP contribution >= 0.6 is 11.6 Å². The van der Waals surface area contributed by atoms with E-state index in [9.17, 15) is 0 Å². The number of hydrogen-bond donors (Lipinski definition) is 0. The molecular weight excluding hydrogens is 422 g/mol. The zero-order chi connectivity index (χ0) is 21.8. The molecule has 2 aliphatic rings. The molecule has 0 bridgehead atoms. The minimum Gasteiger partial charge on any atom is -0.493 e. The van der Waals surface area contributed by atoms with Gasteiger partial charge < -0.3 is 28.4 Å². The van der Waals surface area contributed by atoms with Crippen LogP contribution in [0.4, 0.5) is 0 Å². The highest BCUT2D eigenvalue weighted by Crippen LogP contribution is 2.41. The van der Waals surface area contributed by atoms with Gasteiger partial charge in [0.15, 0.2) is 23.0 Å². The zero-order valence-electron chi connectivity index (χ0n) is 18.1. The first-order valence-corrected chi connectivity index (χ1v) is 10.7. The molecule has 31 heavy (non-hydrogen) atoms. The molecule has 0 spiro atoms. The molecule has 1 atom stereocenters. The Bertz CT molecular complexity index is 915. The van der Waals surface area contributed by atoms with Gasteiger partial charge in [0.05, 0.1) is 27.4 Å². The van der Waals surface area contributed by atoms with Crippen LogP contribution in [0.25, 0.3) is 0 Å². The second-order valence-corrected chi connectivity index (χ2v) is 8.00. The van der Waals surface area contributed by atoms with Crippen molar-refractivity contribution in [2.75, 3.05) is 41.3 Å². The third kappa shape index (κ3) is 4.79. The fourth-order valence-corrected chi connectivity index (χ4v) is 4.32. The van der Waals surface area contributed by atoms with Gasteiger partial charge >= 0.3 is 0 Å². The molecule has 4 rings (SSSR count). The summed E-state index contributed by atoms with van der Waals surface area (Å²) < 4.78 is 33.6. The van der Waals surface area contributed by atoms with Crippen LogP contribution in [0, 0.1) is 0 Å². The Morgan fingerprint density at radius 1 is 0.968 bits per heavy atom. The number of rotatable bonds is 9. The first kappa shape index (κ1) is 21.9. The summed E-state index contributed by atoms with van der Waals surface area (Å²) in [6.07, 6.45) is 2.33. The maximum absolute atomic E-state index is 6.56. The molecule has 2 aromatic rings. The fourth-order valence-electron chi connectivity index (χ4n) is 4.11. The van der Waals surface area contributed by atoms with Crippen molar-refractivity contribution in [1.82, 2.24) is 4.90 Å². The lowest BCUT2D eigenvalue weighted by Gasteiger charge is -2.27. The highest BCUT2D eigenvalue weighted by Gasteiger charge is 2.24. The van der Waals surface area contributed by atoms with Crippen LogP contribution in [0.5, 0.6) is 28.7 Å². The second kappa shape index (κ2) is 9.85. The van der Waals surface area contributed by atoms with E-state index in [1.54, 1.807) is 21.3 Å². The molecule has 0 aromatic heterocycles. The monoisotopic (exact) mass is 449 g/mol. The minimum absolute atomic E-state index is 0.193. The van der Waals surface area contributed by atoms with E-state index >= 15 is 0 Å². The third-order valence-corrected chi connectivity index (χ3v) is 5.95. The molecule has 2 aromatic carbocycles. The molecule has 0 radical (unpaired) electrons. The van der Waals surface area contributed by atoms with Gasteiger partial charge in [-0.2, -0.15) is 0 Å². The van der Waals surface area contributed by atoms with Crippen molar-refractivity contribution in [2.24, 2.45) is 0 Å². The summed E-state index contributed by atoms with van der Waals surface area (Å²) in [6.45, 7) is 3.07. The molecule has 0 aliphatic carbocycles. The summed E-state index contributed by atoms with van der Waals surface area (Å²) >= 11 is 6.56. The molecule has 2 aliphatic heterocycles. The Hall–Kier alpha value is -2.35. The Balaban J connectivity index is 1.62. The van der Waals surface area contributed by atoms with E-state index < -0.39 is 0 Å². The molecule has 1 saturated heterocycles. The number of methoxy groups -OCH3 is 3. The van der Waals surface area contributed by atoms with Gasteiger partial charge in [0, 0.05) is 42.9 Å². The molecule has 1 fully saturated rings. The number of halogens is 1. The van der Waals surface area contributed by atoms with Gasteiger partial charge in [-0.3, -0.25) is 4.90 Å². The summed E-state index contributed by atoms with van der Waals surface area (Å²) in [5.74, 6) is 3.28. The molecule has 168 valence electrons. The largest absolute Gasteiger partial charge is 0.493 e. The van der Waals surface area contributed by atoms with Crippen LogP contribution in [0.15, 0.2) is 24.3 Å². The first-order valence-electron chi connectivity index (χ1n) is 10.3. The Morgan fingerprint density at radius 3 is 2.39 bits per heavy atom. The van der Waals surface area contributed by atoms with Crippen molar-refractivity contribution < 1.29 is 28.4 Å². The third-order valence-electron chi connectivity index (χ3n) is 5.60. The van der Waals surface area contributed by atoms with Crippen molar-refractivity contribution in [1.29, 1.82) is 0 Å². The maximum Gasteiger partial charge on any atom is 0.231 e. The average molecular weight is 450 g/mol. The number of ether oxygens (including phenoxy) is 6. The molecule has 2 heterocycles. The van der Waals surface area contributed by atoms with E-state index in [2.05, 4.69) is 4.90 Å². The van der Waals surface area contributed by atoms with E-state index in [0.717, 1.165) is 42.9 Å². The van der Waals surface area contributed by atoms with Crippen molar-refractivity contribution in [3.05, 3.63) is 40.4 Å². The molecule has 0 N–H and O–H groups in total. The lowest BCUT2D eigenvalue weighted by atomic mass is 10.1. The first-order chi connectivity index (χ1) is 15.1. The van der Waals surface area contributed by atoms with Crippen LogP contribution in [0.2, 0.25) is 5.02 Å². The highest BCUT2D eigenvalue weighted by molar-refractivity contribution is 6.31. The van der Waals surface area contributed by atoms with Crippen molar-refractivity contribution >= 4 is 11.6 Å². The van der Waals surface area contributed by atoms with Crippen molar-refractivity contribution in [3.63, 3.8) is 0 Å². The van der Waals surface area contributed by atoms with Crippen LogP contribution in [-0.4, -0.2) is 52.3 Å². The van der Waals surface area contributed by atoms with Gasteiger partial charge in [-0.15, -0.1) is 0 Å². The topological polar surface area (TPSA) is 58.6 Å². The molecule has 8 heteroatoms. The van der Waals surface area contributed by atoms with E-state index in [4.69, 9.17) is 40.0 Å². The van der Waals surface area contributed by atoms with E-state index in [0.29, 0.717) is 41.1 Å². The average Bonchev–Trinajstić information content (AvgIpc) is 3.45. The van der Waals surface area contributed by atoms with Gasteiger partial charge in [-0.25, -0.2) is 0 Å². The molecule has 0 amide bonds. The van der Waals surface area contributed by atoms with Gasteiger partial charge in [-0.1, -0.05) is 17.7 Å². The van der Waals surface area contributed by atoms with Gasteiger partial charge in [0.25, 0.3) is 0 Å². The van der Waals surface area contributed by atoms with Crippen molar-refractivity contribution in [3.8, 4) is 28.7 Å². The van der Waals surface area contributed by atoms with Gasteiger partial charge in [0.1, 0.15) is 0 Å². The predicted octanol–water partition coefficient (Wildman–Crippen LogP) is 4.28. The quantitative estimate of drug-likeness (QED) is 0.566. The highest BCUT2D eigenvalue weighted by atomic mass is 35.5. The van der Waals surface area contributed by atoms with Crippen LogP contribution < -0.4 is 23.7 Å². The zero-order valence-corrected chi connectivity index (χ0v) is 18.9. The summed E-state index contributed by atoms with van der Waals surface area (Å²) in [6, 6.07) is 7.68. The SMILES string of the molecule is COc1ccc(CN(Cc2cc3c(cc2Cl)OCO3)CC2CCCO2)c(OC)c1OC. The smallest absolute Gasteiger partial charge is 0.231 e. The Morgan fingerprint density at radius 2 is 1.71 bits per heavy atom. The standard InChI is InChI=1S/C23H28ClNO6/c1-26-19-7-6-15(22(27-2)23(19)28-3)11-25(13-17-5-4-8-29-17)12-16-9-20-21(10-18(16)24)31-14-30-20/h6-7,9-10,17H,4-5,8,11-14H2,1-3H3. The second-order valence-electron chi connectivity index (χ2n) is 7.59. The molecule has 1 unspecified atom stereocenters. The summed E-state index contributed by atoms with van der Waals surface area (Å²) in [5.41, 5.74) is 1.97. The van der Waals surface area contributed by atoms with E-state index in [-0.39, 0.29) is 12.9 Å². The fraction of sp³-hybridized carbons (Fsp3) is 0.478. The van der Waals surface area contributed by atoms with Gasteiger partial charge in [-0.05, 0) is 30.5 Å². The molecular formula is C23H28ClNO6. The van der Waals surface area contributed by atoms with Crippen LogP contribution in [0.1, 0.15) is 24.0 Å². The molecule has 0 saturated carbocycles. The van der Waals surface area contributed by atoms with E-state index in [1.807, 2.05) is 24.3 Å². The Kier molecular flexibility index (Phi) is 6.95. The number of hydrogen-bond acceptors (Lipinski definition) is 7. The van der Waals surface area contributed by atoms with Crippen molar-refractivity contribution in [2.45, 2.75) is 32.0 Å². The lowest BCUT2D eigenvalue weighted by molar-refractivity contribution is 0.0675. The number of nitrogens with zero attached hydrogens (tertiary/aromatic N) is 1. The normalized spacial score (nSPS) is 17.3. The predicted molar refractivity (Wildman–Crippen MR) is 117 cm³/mol. The minimum atomic E-state index is 0.193. The summed E-state index contributed by atoms with van der Waals surface area (Å²) in [4.78, 5) is 2.31. The Labute approximate surface area is 187 Å². The lowest BCUT2D eigenvalue weighted by Crippen LogP contribution is -2.31. The molecule has 7 nitrogen and oxygen atoms in total. The van der Waals surface area contributed by atoms with Crippen LogP contribution in [0.3, 0.4) is 0 Å². The number of benzene rings is 2. The van der Waals surface area contributed by atoms with E-state index in [1.165, 1.54) is 0 Å².